The van der Waals surface area contributed by atoms with Crippen molar-refractivity contribution in [2.75, 3.05) is 0 Å². The Morgan fingerprint density at radius 1 is 0.292 bits per heavy atom. The van der Waals surface area contributed by atoms with Gasteiger partial charge in [-0.25, -0.2) is 0 Å². The lowest BCUT2D eigenvalue weighted by Gasteiger charge is -2.21. The summed E-state index contributed by atoms with van der Waals surface area (Å²) in [4.78, 5) is 0. The summed E-state index contributed by atoms with van der Waals surface area (Å²) >= 11 is 9.64. The summed E-state index contributed by atoms with van der Waals surface area (Å²) in [5.74, 6) is 0. The van der Waals surface area contributed by atoms with Crippen LogP contribution in [-0.4, -0.2) is 42.0 Å². The third-order valence-electron chi connectivity index (χ3n) is 7.01. The van der Waals surface area contributed by atoms with E-state index in [0.29, 0.717) is 0 Å². The molecule has 5 saturated heterocycles. The summed E-state index contributed by atoms with van der Waals surface area (Å²) in [6.45, 7) is 0. The minimum atomic E-state index is 1.01. The van der Waals surface area contributed by atoms with E-state index in [1.807, 2.05) is 0 Å². The highest BCUT2D eigenvalue weighted by atomic mass is 32.2. The lowest BCUT2D eigenvalue weighted by atomic mass is 10.0. The smallest absolute Gasteiger partial charge is 0.0169 e. The van der Waals surface area contributed by atoms with E-state index in [-0.39, 0.29) is 0 Å². The summed E-state index contributed by atoms with van der Waals surface area (Å²) in [5, 5.41) is 8.05. The van der Waals surface area contributed by atoms with Gasteiger partial charge in [0.2, 0.25) is 0 Å². The Hall–Kier alpha value is 1.40. The van der Waals surface area contributed by atoms with Gasteiger partial charge in [-0.1, -0.05) is 0 Å². The summed E-state index contributed by atoms with van der Waals surface area (Å²) in [5.41, 5.74) is 0. The van der Waals surface area contributed by atoms with Crippen LogP contribution in [-0.2, 0) is 0 Å². The molecular weight excluding hydrogens is 368 g/mol. The monoisotopic (exact) mass is 400 g/mol. The lowest BCUT2D eigenvalue weighted by Crippen LogP contribution is -2.15. The quantitative estimate of drug-likeness (QED) is 0.448. The van der Waals surface area contributed by atoms with Crippen molar-refractivity contribution in [2.45, 2.75) is 119 Å². The van der Waals surface area contributed by atoms with Gasteiger partial charge < -0.3 is 0 Å². The van der Waals surface area contributed by atoms with Crippen LogP contribution in [0.15, 0.2) is 0 Å². The van der Waals surface area contributed by atoms with E-state index in [0.717, 1.165) is 42.0 Å². The fraction of sp³-hybridized carbons (Fsp3) is 1.00. The van der Waals surface area contributed by atoms with Crippen molar-refractivity contribution in [3.05, 3.63) is 0 Å². The molecule has 8 atom stereocenters. The summed E-state index contributed by atoms with van der Waals surface area (Å²) in [6.07, 6.45) is 18.3. The molecule has 136 valence electrons. The van der Waals surface area contributed by atoms with Gasteiger partial charge in [0.05, 0.1) is 0 Å². The highest BCUT2D eigenvalue weighted by Crippen LogP contribution is 2.52. The molecule has 8 unspecified atom stereocenters. The highest BCUT2D eigenvalue weighted by molar-refractivity contribution is 8.05. The fourth-order valence-electron chi connectivity index (χ4n) is 5.62. The molecular formula is C20H32S4. The van der Waals surface area contributed by atoms with Crippen molar-refractivity contribution in [1.29, 1.82) is 0 Å². The van der Waals surface area contributed by atoms with E-state index in [2.05, 4.69) is 47.0 Å². The topological polar surface area (TPSA) is 0 Å². The van der Waals surface area contributed by atoms with E-state index in [9.17, 15) is 0 Å². The largest absolute Gasteiger partial charge is 0.154 e. The molecule has 5 aliphatic heterocycles. The average molecular weight is 401 g/mol. The molecule has 5 rings (SSSR count). The van der Waals surface area contributed by atoms with Gasteiger partial charge in [-0.3, -0.25) is 0 Å². The number of hydrogen-bond acceptors (Lipinski definition) is 4. The van der Waals surface area contributed by atoms with Gasteiger partial charge in [-0.15, -0.1) is 0 Å². The molecule has 4 heteroatoms. The van der Waals surface area contributed by atoms with Crippen LogP contribution in [0, 0.1) is 0 Å². The molecule has 0 aliphatic carbocycles. The minimum Gasteiger partial charge on any atom is -0.154 e. The van der Waals surface area contributed by atoms with Crippen LogP contribution in [0.3, 0.4) is 0 Å². The summed E-state index contributed by atoms with van der Waals surface area (Å²) in [7, 11) is 0. The Morgan fingerprint density at radius 2 is 0.500 bits per heavy atom. The lowest BCUT2D eigenvalue weighted by molar-refractivity contribution is 0.589. The second kappa shape index (κ2) is 7.80. The number of fused-ring (bicyclic) bond motifs is 10. The van der Waals surface area contributed by atoms with Crippen LogP contribution in [0.2, 0.25) is 0 Å². The summed E-state index contributed by atoms with van der Waals surface area (Å²) in [6, 6.07) is 0. The molecule has 5 aliphatic rings. The maximum Gasteiger partial charge on any atom is 0.0169 e. The Bertz CT molecular complexity index is 361. The van der Waals surface area contributed by atoms with Gasteiger partial charge in [-0.2, -0.15) is 47.0 Å². The van der Waals surface area contributed by atoms with Gasteiger partial charge in [0.1, 0.15) is 0 Å². The number of hydrogen-bond donors (Lipinski definition) is 0. The third kappa shape index (κ3) is 3.83. The summed E-state index contributed by atoms with van der Waals surface area (Å²) < 4.78 is 0. The van der Waals surface area contributed by atoms with Crippen molar-refractivity contribution in [3.8, 4) is 0 Å². The second-order valence-electron chi connectivity index (χ2n) is 8.65. The third-order valence-corrected chi connectivity index (χ3v) is 14.4. The maximum absolute atomic E-state index is 2.41. The van der Waals surface area contributed by atoms with Gasteiger partial charge in [0.25, 0.3) is 0 Å². The molecule has 0 aromatic carbocycles. The predicted molar refractivity (Wildman–Crippen MR) is 116 cm³/mol. The number of rotatable bonds is 0. The first kappa shape index (κ1) is 17.5. The molecule has 0 amide bonds. The SMILES string of the molecule is C1CC2CCC(S2)C2CCC(CCC3CCC(S3)C3CCC1S3)S2. The highest BCUT2D eigenvalue weighted by Gasteiger charge is 2.40. The van der Waals surface area contributed by atoms with E-state index in [1.165, 1.54) is 77.0 Å². The van der Waals surface area contributed by atoms with Crippen LogP contribution in [0.4, 0.5) is 0 Å². The van der Waals surface area contributed by atoms with E-state index in [1.54, 1.807) is 0 Å². The van der Waals surface area contributed by atoms with Crippen molar-refractivity contribution < 1.29 is 0 Å². The first-order valence-electron chi connectivity index (χ1n) is 10.5. The maximum atomic E-state index is 2.41. The molecule has 0 nitrogen and oxygen atoms in total. The van der Waals surface area contributed by atoms with Crippen LogP contribution < -0.4 is 0 Å². The molecule has 5 fully saturated rings. The first-order chi connectivity index (χ1) is 11.8. The first-order valence-corrected chi connectivity index (χ1v) is 14.2. The van der Waals surface area contributed by atoms with Crippen LogP contribution in [0.1, 0.15) is 77.0 Å². The van der Waals surface area contributed by atoms with Crippen molar-refractivity contribution in [3.63, 3.8) is 0 Å². The Kier molecular flexibility index (Phi) is 5.68. The van der Waals surface area contributed by atoms with Crippen molar-refractivity contribution >= 4 is 47.0 Å². The molecule has 0 spiro atoms. The zero-order chi connectivity index (χ0) is 15.9. The molecule has 0 saturated carbocycles. The van der Waals surface area contributed by atoms with Gasteiger partial charge in [0, 0.05) is 42.0 Å². The molecule has 0 aromatic heterocycles. The molecule has 5 heterocycles. The molecule has 8 bridgehead atoms. The van der Waals surface area contributed by atoms with Crippen molar-refractivity contribution in [2.24, 2.45) is 0 Å². The zero-order valence-electron chi connectivity index (χ0n) is 14.7. The molecule has 24 heavy (non-hydrogen) atoms. The predicted octanol–water partition coefficient (Wildman–Crippen LogP) is 6.62. The van der Waals surface area contributed by atoms with E-state index >= 15 is 0 Å². The number of thioether (sulfide) groups is 4. The standard InChI is InChI=1S/C20H32S4/c1-2-14-6-10-19(22-14)20-12-8-16(24-20)4-3-15-7-11-18(23-15)17-9-5-13(1)21-17/h13-20H,1-12H2. The average Bonchev–Trinajstić information content (AvgIpc) is 3.37. The molecule has 0 aromatic rings. The fourth-order valence-corrected chi connectivity index (χ4v) is 12.9. The van der Waals surface area contributed by atoms with Crippen LogP contribution in [0.25, 0.3) is 0 Å². The Balaban J connectivity index is 1.27. The van der Waals surface area contributed by atoms with Crippen LogP contribution in [0.5, 0.6) is 0 Å². The normalized spacial score (nSPS) is 52.0. The second-order valence-corrected chi connectivity index (χ2v) is 14.8. The Morgan fingerprint density at radius 3 is 0.750 bits per heavy atom. The molecule has 0 radical (unpaired) electrons. The van der Waals surface area contributed by atoms with Gasteiger partial charge >= 0.3 is 0 Å². The Labute approximate surface area is 165 Å². The van der Waals surface area contributed by atoms with E-state index < -0.39 is 0 Å². The van der Waals surface area contributed by atoms with E-state index in [4.69, 9.17) is 0 Å². The van der Waals surface area contributed by atoms with Crippen molar-refractivity contribution in [1.82, 2.24) is 0 Å². The molecule has 0 N–H and O–H groups in total. The van der Waals surface area contributed by atoms with Gasteiger partial charge in [0.15, 0.2) is 0 Å². The van der Waals surface area contributed by atoms with Gasteiger partial charge in [-0.05, 0) is 77.0 Å². The van der Waals surface area contributed by atoms with Crippen LogP contribution >= 0.6 is 47.0 Å². The minimum absolute atomic E-state index is 1.01. The zero-order valence-corrected chi connectivity index (χ0v) is 18.0.